The van der Waals surface area contributed by atoms with Gasteiger partial charge in [0.1, 0.15) is 25.0 Å². The van der Waals surface area contributed by atoms with E-state index in [9.17, 15) is 5.11 Å². The van der Waals surface area contributed by atoms with Crippen LogP contribution >= 0.6 is 11.6 Å². The molecule has 1 aliphatic rings. The van der Waals surface area contributed by atoms with Gasteiger partial charge < -0.3 is 14.7 Å². The van der Waals surface area contributed by atoms with Crippen molar-refractivity contribution in [2.45, 2.75) is 45.3 Å². The van der Waals surface area contributed by atoms with Crippen molar-refractivity contribution < 1.29 is 14.7 Å². The summed E-state index contributed by atoms with van der Waals surface area (Å²) in [6, 6.07) is 6.20. The summed E-state index contributed by atoms with van der Waals surface area (Å²) in [6.07, 6.45) is 3.44. The van der Waals surface area contributed by atoms with Crippen molar-refractivity contribution in [3.63, 3.8) is 0 Å². The Morgan fingerprint density at radius 3 is 2.95 bits per heavy atom. The van der Waals surface area contributed by atoms with Crippen molar-refractivity contribution in [2.75, 3.05) is 19.7 Å². The second-order valence-electron chi connectivity index (χ2n) is 5.88. The lowest BCUT2D eigenvalue weighted by atomic mass is 10.0. The molecule has 1 aliphatic heterocycles. The van der Waals surface area contributed by atoms with Crippen LogP contribution in [0.15, 0.2) is 18.2 Å². The maximum absolute atomic E-state index is 10.2. The first kappa shape index (κ1) is 15.6. The molecule has 1 saturated heterocycles. The molecular weight excluding hydrogens is 274 g/mol. The molecule has 3 atom stereocenters. The zero-order chi connectivity index (χ0) is 14.5. The number of rotatable bonds is 5. The van der Waals surface area contributed by atoms with Crippen LogP contribution in [0.5, 0.6) is 5.75 Å². The van der Waals surface area contributed by atoms with Gasteiger partial charge in [0.15, 0.2) is 0 Å². The Hall–Kier alpha value is -0.770. The molecule has 1 fully saturated rings. The van der Waals surface area contributed by atoms with Gasteiger partial charge in [-0.1, -0.05) is 11.6 Å². The molecule has 0 amide bonds. The van der Waals surface area contributed by atoms with Crippen LogP contribution in [0.2, 0.25) is 5.02 Å². The van der Waals surface area contributed by atoms with E-state index in [0.29, 0.717) is 17.7 Å². The van der Waals surface area contributed by atoms with E-state index in [2.05, 4.69) is 6.92 Å². The van der Waals surface area contributed by atoms with Crippen LogP contribution in [0.4, 0.5) is 0 Å². The van der Waals surface area contributed by atoms with Crippen molar-refractivity contribution in [1.82, 2.24) is 0 Å². The Morgan fingerprint density at radius 2 is 2.25 bits per heavy atom. The zero-order valence-corrected chi connectivity index (χ0v) is 13.1. The fourth-order valence-corrected chi connectivity index (χ4v) is 3.11. The molecule has 0 aromatic heterocycles. The predicted octanol–water partition coefficient (Wildman–Crippen LogP) is 1.85. The Balaban J connectivity index is 1.81. The number of benzene rings is 1. The van der Waals surface area contributed by atoms with Crippen LogP contribution in [-0.2, 0) is 0 Å². The predicted molar refractivity (Wildman–Crippen MR) is 81.7 cm³/mol. The second kappa shape index (κ2) is 7.30. The smallest absolute Gasteiger partial charge is 0.137 e. The average molecular weight is 299 g/mol. The van der Waals surface area contributed by atoms with Gasteiger partial charge in [-0.25, -0.2) is 0 Å². The number of ether oxygens (including phenoxy) is 1. The lowest BCUT2D eigenvalue weighted by molar-refractivity contribution is -0.931. The van der Waals surface area contributed by atoms with Crippen LogP contribution in [0, 0.1) is 6.92 Å². The highest BCUT2D eigenvalue weighted by Crippen LogP contribution is 2.21. The Bertz CT molecular complexity index is 438. The van der Waals surface area contributed by atoms with Crippen LogP contribution in [0.1, 0.15) is 31.7 Å². The summed E-state index contributed by atoms with van der Waals surface area (Å²) >= 11 is 5.92. The first-order chi connectivity index (χ1) is 9.56. The van der Waals surface area contributed by atoms with E-state index < -0.39 is 6.10 Å². The number of aryl methyl sites for hydroxylation is 1. The highest BCUT2D eigenvalue weighted by Gasteiger charge is 2.24. The van der Waals surface area contributed by atoms with Crippen molar-refractivity contribution in [1.29, 1.82) is 0 Å². The number of hydrogen-bond donors (Lipinski definition) is 2. The van der Waals surface area contributed by atoms with Gasteiger partial charge in [0.2, 0.25) is 0 Å². The topological polar surface area (TPSA) is 33.9 Å². The van der Waals surface area contributed by atoms with Gasteiger partial charge >= 0.3 is 0 Å². The van der Waals surface area contributed by atoms with E-state index >= 15 is 0 Å². The molecule has 4 heteroatoms. The molecule has 0 radical (unpaired) electrons. The summed E-state index contributed by atoms with van der Waals surface area (Å²) in [6.45, 7) is 6.52. The SMILES string of the molecule is Cc1cc(Cl)ccc1OC[C@H](O)C[NH+]1CCCC[C@H]1C. The largest absolute Gasteiger partial charge is 0.490 e. The van der Waals surface area contributed by atoms with Gasteiger partial charge in [0.25, 0.3) is 0 Å². The Morgan fingerprint density at radius 1 is 1.45 bits per heavy atom. The number of piperidine rings is 1. The number of halogens is 1. The summed E-state index contributed by atoms with van der Waals surface area (Å²) in [5, 5.41) is 10.9. The molecule has 1 aromatic rings. The fraction of sp³-hybridized carbons (Fsp3) is 0.625. The maximum Gasteiger partial charge on any atom is 0.137 e. The summed E-state index contributed by atoms with van der Waals surface area (Å²) in [4.78, 5) is 1.50. The third kappa shape index (κ3) is 4.37. The molecule has 0 aliphatic carbocycles. The lowest BCUT2D eigenvalue weighted by Crippen LogP contribution is -3.17. The standard InChI is InChI=1S/C16H24ClNO2/c1-12-9-14(17)6-7-16(12)20-11-15(19)10-18-8-4-3-5-13(18)2/h6-7,9,13,15,19H,3-5,8,10-11H2,1-2H3/p+1/t13-,15-/m1/s1. The number of quaternary nitrogens is 1. The van der Waals surface area contributed by atoms with Gasteiger partial charge in [-0.15, -0.1) is 0 Å². The van der Waals surface area contributed by atoms with Crippen molar-refractivity contribution >= 4 is 11.6 Å². The van der Waals surface area contributed by atoms with E-state index in [1.54, 1.807) is 0 Å². The highest BCUT2D eigenvalue weighted by atomic mass is 35.5. The van der Waals surface area contributed by atoms with E-state index in [-0.39, 0.29) is 0 Å². The first-order valence-electron chi connectivity index (χ1n) is 7.48. The molecule has 0 saturated carbocycles. The average Bonchev–Trinajstić information content (AvgIpc) is 2.40. The van der Waals surface area contributed by atoms with E-state index in [1.165, 1.54) is 24.2 Å². The minimum Gasteiger partial charge on any atom is -0.490 e. The minimum atomic E-state index is -0.416. The molecule has 2 rings (SSSR count). The normalized spacial score (nSPS) is 24.4. The highest BCUT2D eigenvalue weighted by molar-refractivity contribution is 6.30. The van der Waals surface area contributed by atoms with E-state index in [4.69, 9.17) is 16.3 Å². The Kier molecular flexibility index (Phi) is 5.70. The summed E-state index contributed by atoms with van der Waals surface area (Å²) in [5.74, 6) is 0.801. The molecule has 20 heavy (non-hydrogen) atoms. The molecule has 2 N–H and O–H groups in total. The number of hydrogen-bond acceptors (Lipinski definition) is 2. The van der Waals surface area contributed by atoms with Gasteiger partial charge in [-0.2, -0.15) is 0 Å². The molecule has 1 heterocycles. The van der Waals surface area contributed by atoms with Crippen LogP contribution in [-0.4, -0.2) is 36.9 Å². The van der Waals surface area contributed by atoms with Crippen molar-refractivity contribution in [3.05, 3.63) is 28.8 Å². The molecule has 3 nitrogen and oxygen atoms in total. The summed E-state index contributed by atoms with van der Waals surface area (Å²) in [5.41, 5.74) is 1.00. The third-order valence-electron chi connectivity index (χ3n) is 4.15. The van der Waals surface area contributed by atoms with Gasteiger partial charge in [0.05, 0.1) is 12.6 Å². The quantitative estimate of drug-likeness (QED) is 0.870. The van der Waals surface area contributed by atoms with Crippen molar-refractivity contribution in [3.8, 4) is 5.75 Å². The number of nitrogens with one attached hydrogen (secondary N) is 1. The maximum atomic E-state index is 10.2. The lowest BCUT2D eigenvalue weighted by Gasteiger charge is -2.31. The van der Waals surface area contributed by atoms with Gasteiger partial charge in [-0.3, -0.25) is 0 Å². The van der Waals surface area contributed by atoms with Crippen LogP contribution in [0.3, 0.4) is 0 Å². The van der Waals surface area contributed by atoms with Crippen LogP contribution in [0.25, 0.3) is 0 Å². The number of aliphatic hydroxyl groups is 1. The second-order valence-corrected chi connectivity index (χ2v) is 6.32. The Labute approximate surface area is 126 Å². The van der Waals surface area contributed by atoms with Gasteiger partial charge in [0, 0.05) is 5.02 Å². The summed E-state index contributed by atoms with van der Waals surface area (Å²) in [7, 11) is 0. The van der Waals surface area contributed by atoms with Gasteiger partial charge in [-0.05, 0) is 56.9 Å². The number of likely N-dealkylation sites (tertiary alicyclic amines) is 1. The molecule has 1 unspecified atom stereocenters. The monoisotopic (exact) mass is 298 g/mol. The number of aliphatic hydroxyl groups excluding tert-OH is 1. The van der Waals surface area contributed by atoms with Crippen LogP contribution < -0.4 is 9.64 Å². The fourth-order valence-electron chi connectivity index (χ4n) is 2.88. The molecule has 1 aromatic carbocycles. The molecule has 0 spiro atoms. The summed E-state index contributed by atoms with van der Waals surface area (Å²) < 4.78 is 5.71. The minimum absolute atomic E-state index is 0.346. The molecular formula is C16H25ClNO2+. The molecule has 112 valence electrons. The van der Waals surface area contributed by atoms with E-state index in [0.717, 1.165) is 24.4 Å². The molecule has 0 bridgehead atoms. The third-order valence-corrected chi connectivity index (χ3v) is 4.38. The van der Waals surface area contributed by atoms with E-state index in [1.807, 2.05) is 25.1 Å². The zero-order valence-electron chi connectivity index (χ0n) is 12.4. The van der Waals surface area contributed by atoms with Crippen molar-refractivity contribution in [2.24, 2.45) is 0 Å². The first-order valence-corrected chi connectivity index (χ1v) is 7.85.